The molecule has 0 spiro atoms. The molecule has 2 aliphatic rings. The molecule has 1 aromatic heterocycles. The highest BCUT2D eigenvalue weighted by atomic mass is 32.1. The summed E-state index contributed by atoms with van der Waals surface area (Å²) in [6, 6.07) is 1.93. The average Bonchev–Trinajstić information content (AvgIpc) is 3.23. The zero-order valence-corrected chi connectivity index (χ0v) is 20.9. The van der Waals surface area contributed by atoms with E-state index in [4.69, 9.17) is 4.74 Å². The van der Waals surface area contributed by atoms with E-state index in [1.165, 1.54) is 30.4 Å². The fourth-order valence-corrected chi connectivity index (χ4v) is 6.04. The lowest BCUT2D eigenvalue weighted by Crippen LogP contribution is -2.44. The van der Waals surface area contributed by atoms with Crippen molar-refractivity contribution in [2.24, 2.45) is 11.8 Å². The summed E-state index contributed by atoms with van der Waals surface area (Å²) in [7, 11) is 1.40. The standard InChI is InChI=1S/C26H39NO4S/c1-17-10-14-21(15-11-17)25(29)27(18(2)12-13-19(3)28)22-16-23(20-8-6-5-7-9-20)32-24(22)26(30)31-4/h8,16-19,21,28H,5-7,9-15H2,1-4H3. The third-order valence-corrected chi connectivity index (χ3v) is 8.18. The van der Waals surface area contributed by atoms with Gasteiger partial charge >= 0.3 is 5.97 Å². The lowest BCUT2D eigenvalue weighted by atomic mass is 9.82. The Kier molecular flexibility index (Phi) is 8.95. The second-order valence-corrected chi connectivity index (χ2v) is 10.8. The number of allylic oxidation sites excluding steroid dienone is 2. The number of aliphatic hydroxyl groups is 1. The minimum Gasteiger partial charge on any atom is -0.465 e. The molecule has 1 saturated carbocycles. The fourth-order valence-electron chi connectivity index (χ4n) is 4.91. The van der Waals surface area contributed by atoms with Gasteiger partial charge in [0.15, 0.2) is 0 Å². The van der Waals surface area contributed by atoms with Crippen molar-refractivity contribution < 1.29 is 19.4 Å². The van der Waals surface area contributed by atoms with Crippen LogP contribution in [-0.2, 0) is 9.53 Å². The largest absolute Gasteiger partial charge is 0.465 e. The van der Waals surface area contributed by atoms with Gasteiger partial charge in [-0.25, -0.2) is 4.79 Å². The number of nitrogens with zero attached hydrogens (tertiary/aromatic N) is 1. The summed E-state index contributed by atoms with van der Waals surface area (Å²) in [4.78, 5) is 30.0. The van der Waals surface area contributed by atoms with Crippen molar-refractivity contribution in [2.75, 3.05) is 12.0 Å². The number of carbonyl (C=O) groups excluding carboxylic acids is 2. The third-order valence-electron chi connectivity index (χ3n) is 7.00. The molecule has 6 heteroatoms. The molecule has 178 valence electrons. The Hall–Kier alpha value is -1.66. The topological polar surface area (TPSA) is 66.8 Å². The van der Waals surface area contributed by atoms with Gasteiger partial charge in [-0.1, -0.05) is 13.0 Å². The number of hydrogen-bond donors (Lipinski definition) is 1. The summed E-state index contributed by atoms with van der Waals surface area (Å²) in [5.74, 6) is 0.382. The highest BCUT2D eigenvalue weighted by molar-refractivity contribution is 7.15. The summed E-state index contributed by atoms with van der Waals surface area (Å²) in [6.07, 6.45) is 11.5. The average molecular weight is 462 g/mol. The monoisotopic (exact) mass is 461 g/mol. The summed E-state index contributed by atoms with van der Waals surface area (Å²) < 4.78 is 5.12. The van der Waals surface area contributed by atoms with Crippen molar-refractivity contribution in [3.05, 3.63) is 21.9 Å². The Bertz CT molecular complexity index is 820. The van der Waals surface area contributed by atoms with E-state index in [1.807, 2.05) is 17.9 Å². The second kappa shape index (κ2) is 11.5. The molecule has 1 amide bonds. The van der Waals surface area contributed by atoms with E-state index in [0.29, 0.717) is 29.3 Å². The van der Waals surface area contributed by atoms with Crippen LogP contribution in [0.25, 0.3) is 5.57 Å². The minimum absolute atomic E-state index is 0.0112. The van der Waals surface area contributed by atoms with Crippen LogP contribution in [0.5, 0.6) is 0 Å². The van der Waals surface area contributed by atoms with E-state index >= 15 is 0 Å². The summed E-state index contributed by atoms with van der Waals surface area (Å²) >= 11 is 1.45. The van der Waals surface area contributed by atoms with Crippen molar-refractivity contribution in [1.82, 2.24) is 0 Å². The molecule has 1 N–H and O–H groups in total. The van der Waals surface area contributed by atoms with Crippen molar-refractivity contribution in [3.8, 4) is 0 Å². The van der Waals surface area contributed by atoms with Crippen molar-refractivity contribution >= 4 is 34.5 Å². The van der Waals surface area contributed by atoms with E-state index in [2.05, 4.69) is 13.0 Å². The zero-order chi connectivity index (χ0) is 23.3. The number of esters is 1. The molecule has 3 rings (SSSR count). The normalized spacial score (nSPS) is 23.2. The number of ether oxygens (including phenoxy) is 1. The number of anilines is 1. The maximum Gasteiger partial charge on any atom is 0.350 e. The van der Waals surface area contributed by atoms with Gasteiger partial charge in [0.2, 0.25) is 5.91 Å². The quantitative estimate of drug-likeness (QED) is 0.468. The van der Waals surface area contributed by atoms with Gasteiger partial charge < -0.3 is 14.7 Å². The molecule has 1 fully saturated rings. The van der Waals surface area contributed by atoms with Crippen LogP contribution in [0.2, 0.25) is 0 Å². The Labute approximate surface area is 196 Å². The summed E-state index contributed by atoms with van der Waals surface area (Å²) in [5.41, 5.74) is 1.96. The van der Waals surface area contributed by atoms with Gasteiger partial charge in [-0.15, -0.1) is 11.3 Å². The van der Waals surface area contributed by atoms with Gasteiger partial charge in [-0.05, 0) is 95.6 Å². The molecule has 2 aliphatic carbocycles. The van der Waals surface area contributed by atoms with Crippen molar-refractivity contribution in [2.45, 2.75) is 97.1 Å². The molecule has 0 aromatic carbocycles. The molecule has 1 aromatic rings. The lowest BCUT2D eigenvalue weighted by Gasteiger charge is -2.35. The summed E-state index contributed by atoms with van der Waals surface area (Å²) in [6.45, 7) is 6.06. The third kappa shape index (κ3) is 6.02. The van der Waals surface area contributed by atoms with Gasteiger partial charge in [0, 0.05) is 16.8 Å². The Balaban J connectivity index is 1.99. The first-order valence-corrected chi connectivity index (χ1v) is 13.1. The number of methoxy groups -OCH3 is 1. The van der Waals surface area contributed by atoms with E-state index in [0.717, 1.165) is 49.8 Å². The van der Waals surface area contributed by atoms with Gasteiger partial charge in [0.1, 0.15) is 4.88 Å². The number of thiophene rings is 1. The Morgan fingerprint density at radius 1 is 1.19 bits per heavy atom. The molecular weight excluding hydrogens is 422 g/mol. The number of aliphatic hydroxyl groups excluding tert-OH is 1. The van der Waals surface area contributed by atoms with Gasteiger partial charge in [0.25, 0.3) is 0 Å². The molecule has 0 radical (unpaired) electrons. The molecule has 0 saturated heterocycles. The summed E-state index contributed by atoms with van der Waals surface area (Å²) in [5, 5.41) is 9.84. The minimum atomic E-state index is -0.421. The van der Waals surface area contributed by atoms with Crippen LogP contribution in [0.15, 0.2) is 12.1 Å². The van der Waals surface area contributed by atoms with Crippen molar-refractivity contribution in [3.63, 3.8) is 0 Å². The van der Waals surface area contributed by atoms with E-state index in [9.17, 15) is 14.7 Å². The molecule has 5 nitrogen and oxygen atoms in total. The van der Waals surface area contributed by atoms with Gasteiger partial charge in [-0.2, -0.15) is 0 Å². The number of rotatable bonds is 8. The Morgan fingerprint density at radius 2 is 1.91 bits per heavy atom. The van der Waals surface area contributed by atoms with E-state index < -0.39 is 6.10 Å². The molecule has 2 unspecified atom stereocenters. The SMILES string of the molecule is COC(=O)c1sc(C2=CCCCC2)cc1N(C(=O)C1CCC(C)CC1)C(C)CCC(C)O. The van der Waals surface area contributed by atoms with Crippen LogP contribution in [0, 0.1) is 11.8 Å². The first-order valence-electron chi connectivity index (χ1n) is 12.2. The van der Waals surface area contributed by atoms with Gasteiger partial charge in [0.05, 0.1) is 18.9 Å². The first-order chi connectivity index (χ1) is 15.3. The van der Waals surface area contributed by atoms with Gasteiger partial charge in [-0.3, -0.25) is 4.79 Å². The zero-order valence-electron chi connectivity index (χ0n) is 20.1. The van der Waals surface area contributed by atoms with Crippen LogP contribution in [0.1, 0.15) is 99.5 Å². The lowest BCUT2D eigenvalue weighted by molar-refractivity contribution is -0.124. The highest BCUT2D eigenvalue weighted by Crippen LogP contribution is 2.41. The Morgan fingerprint density at radius 3 is 2.50 bits per heavy atom. The molecule has 32 heavy (non-hydrogen) atoms. The number of carbonyl (C=O) groups is 2. The van der Waals surface area contributed by atoms with E-state index in [1.54, 1.807) is 6.92 Å². The van der Waals surface area contributed by atoms with Crippen LogP contribution in [-0.4, -0.2) is 36.2 Å². The predicted octanol–water partition coefficient (Wildman–Crippen LogP) is 6.20. The molecule has 2 atom stereocenters. The number of amides is 1. The first kappa shape index (κ1) is 25.0. The number of hydrogen-bond acceptors (Lipinski definition) is 5. The van der Waals surface area contributed by atoms with Crippen LogP contribution in [0.4, 0.5) is 5.69 Å². The highest BCUT2D eigenvalue weighted by Gasteiger charge is 2.35. The maximum atomic E-state index is 13.8. The second-order valence-electron chi connectivity index (χ2n) is 9.73. The van der Waals surface area contributed by atoms with Crippen LogP contribution < -0.4 is 4.90 Å². The van der Waals surface area contributed by atoms with E-state index in [-0.39, 0.29) is 23.8 Å². The van der Waals surface area contributed by atoms with Crippen molar-refractivity contribution in [1.29, 1.82) is 0 Å². The maximum absolute atomic E-state index is 13.8. The smallest absolute Gasteiger partial charge is 0.350 e. The van der Waals surface area contributed by atoms with Crippen LogP contribution >= 0.6 is 11.3 Å². The molecule has 0 aliphatic heterocycles. The predicted molar refractivity (Wildman–Crippen MR) is 131 cm³/mol. The molecule has 1 heterocycles. The molecule has 0 bridgehead atoms. The van der Waals surface area contributed by atoms with Crippen LogP contribution in [0.3, 0.4) is 0 Å². The fraction of sp³-hybridized carbons (Fsp3) is 0.692. The molecular formula is C26H39NO4S.